The third-order valence-electron chi connectivity index (χ3n) is 5.34. The van der Waals surface area contributed by atoms with Crippen LogP contribution in [0.1, 0.15) is 57.9 Å². The van der Waals surface area contributed by atoms with Crippen molar-refractivity contribution in [2.45, 2.75) is 74.4 Å². The molecule has 9 heteroatoms. The Morgan fingerprint density at radius 2 is 1.83 bits per heavy atom. The average Bonchev–Trinajstić information content (AvgIpc) is 3.49. The number of pyridine rings is 1. The second kappa shape index (κ2) is 8.94. The van der Waals surface area contributed by atoms with Crippen LogP contribution in [0.2, 0.25) is 0 Å². The van der Waals surface area contributed by atoms with E-state index in [2.05, 4.69) is 30.4 Å². The van der Waals surface area contributed by atoms with Gasteiger partial charge in [-0.1, -0.05) is 31.0 Å². The third kappa shape index (κ3) is 4.95. The molecule has 2 aliphatic rings. The SMILES string of the molecule is C[C@H](Sc1nnc(-c2ccncc2)n1C1CC1)C(=O)NC(=O)NC1CCCCC1. The third-order valence-corrected chi connectivity index (χ3v) is 6.40. The lowest BCUT2D eigenvalue weighted by atomic mass is 9.96. The van der Waals surface area contributed by atoms with Crippen LogP contribution in [-0.2, 0) is 4.79 Å². The van der Waals surface area contributed by atoms with Gasteiger partial charge in [0, 0.05) is 30.0 Å². The minimum Gasteiger partial charge on any atom is -0.335 e. The number of thioether (sulfide) groups is 1. The summed E-state index contributed by atoms with van der Waals surface area (Å²) < 4.78 is 2.10. The molecule has 154 valence electrons. The van der Waals surface area contributed by atoms with Crippen molar-refractivity contribution in [2.75, 3.05) is 0 Å². The molecule has 2 heterocycles. The maximum atomic E-state index is 12.5. The van der Waals surface area contributed by atoms with Crippen LogP contribution in [0.25, 0.3) is 11.4 Å². The Labute approximate surface area is 174 Å². The highest BCUT2D eigenvalue weighted by Gasteiger charge is 2.31. The van der Waals surface area contributed by atoms with E-state index in [0.29, 0.717) is 11.2 Å². The molecule has 0 bridgehead atoms. The first kappa shape index (κ1) is 19.9. The maximum Gasteiger partial charge on any atom is 0.321 e. The molecule has 2 N–H and O–H groups in total. The Morgan fingerprint density at radius 1 is 1.10 bits per heavy atom. The number of hydrogen-bond donors (Lipinski definition) is 2. The molecule has 0 unspecified atom stereocenters. The van der Waals surface area contributed by atoms with Gasteiger partial charge in [0.1, 0.15) is 0 Å². The van der Waals surface area contributed by atoms with Crippen LogP contribution in [0.15, 0.2) is 29.7 Å². The van der Waals surface area contributed by atoms with Crippen LogP contribution >= 0.6 is 11.8 Å². The van der Waals surface area contributed by atoms with Gasteiger partial charge in [-0.15, -0.1) is 10.2 Å². The molecule has 0 radical (unpaired) electrons. The van der Waals surface area contributed by atoms with Gasteiger partial charge in [-0.3, -0.25) is 19.7 Å². The molecule has 2 aliphatic carbocycles. The standard InChI is InChI=1S/C20H26N6O2S/c1-13(18(27)23-19(28)22-15-5-3-2-4-6-15)29-20-25-24-17(26(20)16-7-8-16)14-9-11-21-12-10-14/h9-13,15-16H,2-8H2,1H3,(H2,22,23,27,28)/t13-/m0/s1. The number of carbonyl (C=O) groups excluding carboxylic acids is 2. The molecule has 3 amide bonds. The lowest BCUT2D eigenvalue weighted by Gasteiger charge is -2.23. The van der Waals surface area contributed by atoms with Crippen LogP contribution in [0.5, 0.6) is 0 Å². The Bertz CT molecular complexity index is 861. The number of amides is 3. The number of hydrogen-bond acceptors (Lipinski definition) is 6. The van der Waals surface area contributed by atoms with E-state index in [1.54, 1.807) is 19.3 Å². The van der Waals surface area contributed by atoms with Gasteiger partial charge in [0.15, 0.2) is 11.0 Å². The fraction of sp³-hybridized carbons (Fsp3) is 0.550. The predicted molar refractivity (Wildman–Crippen MR) is 110 cm³/mol. The lowest BCUT2D eigenvalue weighted by Crippen LogP contribution is -2.47. The van der Waals surface area contributed by atoms with Gasteiger partial charge < -0.3 is 5.32 Å². The van der Waals surface area contributed by atoms with E-state index < -0.39 is 11.3 Å². The summed E-state index contributed by atoms with van der Waals surface area (Å²) in [6, 6.07) is 3.93. The quantitative estimate of drug-likeness (QED) is 0.703. The monoisotopic (exact) mass is 414 g/mol. The molecule has 29 heavy (non-hydrogen) atoms. The molecule has 2 aromatic heterocycles. The number of carbonyl (C=O) groups is 2. The van der Waals surface area contributed by atoms with Crippen LogP contribution in [0.3, 0.4) is 0 Å². The molecule has 0 saturated heterocycles. The number of imide groups is 1. The Morgan fingerprint density at radius 3 is 2.52 bits per heavy atom. The van der Waals surface area contributed by atoms with E-state index in [1.807, 2.05) is 12.1 Å². The number of urea groups is 1. The van der Waals surface area contributed by atoms with E-state index >= 15 is 0 Å². The molecule has 4 rings (SSSR count). The van der Waals surface area contributed by atoms with Gasteiger partial charge >= 0.3 is 6.03 Å². The first-order valence-corrected chi connectivity index (χ1v) is 11.1. The first-order valence-electron chi connectivity index (χ1n) is 10.2. The van der Waals surface area contributed by atoms with E-state index in [9.17, 15) is 9.59 Å². The Balaban J connectivity index is 1.39. The average molecular weight is 415 g/mol. The van der Waals surface area contributed by atoms with Crippen molar-refractivity contribution >= 4 is 23.7 Å². The Kier molecular flexibility index (Phi) is 6.13. The zero-order valence-corrected chi connectivity index (χ0v) is 17.3. The Hall–Kier alpha value is -2.42. The van der Waals surface area contributed by atoms with Crippen molar-refractivity contribution in [1.29, 1.82) is 0 Å². The minimum absolute atomic E-state index is 0.167. The molecule has 0 aromatic carbocycles. The maximum absolute atomic E-state index is 12.5. The van der Waals surface area contributed by atoms with Gasteiger partial charge in [-0.05, 0) is 44.7 Å². The lowest BCUT2D eigenvalue weighted by molar-refractivity contribution is -0.119. The van der Waals surface area contributed by atoms with E-state index in [-0.39, 0.29) is 11.9 Å². The summed E-state index contributed by atoms with van der Waals surface area (Å²) in [6.45, 7) is 1.78. The highest BCUT2D eigenvalue weighted by Crippen LogP contribution is 2.41. The van der Waals surface area contributed by atoms with Gasteiger partial charge in [-0.2, -0.15) is 0 Å². The smallest absolute Gasteiger partial charge is 0.321 e. The van der Waals surface area contributed by atoms with Gasteiger partial charge in [0.25, 0.3) is 0 Å². The highest BCUT2D eigenvalue weighted by molar-refractivity contribution is 8.00. The summed E-state index contributed by atoms with van der Waals surface area (Å²) in [4.78, 5) is 28.7. The van der Waals surface area contributed by atoms with Crippen molar-refractivity contribution in [3.05, 3.63) is 24.5 Å². The van der Waals surface area contributed by atoms with Crippen LogP contribution < -0.4 is 10.6 Å². The number of aromatic nitrogens is 4. The molecule has 1 atom stereocenters. The fourth-order valence-corrected chi connectivity index (χ4v) is 4.53. The van der Waals surface area contributed by atoms with Crippen LogP contribution in [0, 0.1) is 0 Å². The molecular weight excluding hydrogens is 388 g/mol. The first-order chi connectivity index (χ1) is 14.1. The van der Waals surface area contributed by atoms with Crippen molar-refractivity contribution in [2.24, 2.45) is 0 Å². The summed E-state index contributed by atoms with van der Waals surface area (Å²) in [5.41, 5.74) is 0.954. The number of nitrogens with zero attached hydrogens (tertiary/aromatic N) is 4. The second-order valence-electron chi connectivity index (χ2n) is 7.70. The molecule has 8 nitrogen and oxygen atoms in total. The molecule has 2 fully saturated rings. The second-order valence-corrected chi connectivity index (χ2v) is 9.01. The van der Waals surface area contributed by atoms with E-state index in [4.69, 9.17) is 0 Å². The highest BCUT2D eigenvalue weighted by atomic mass is 32.2. The van der Waals surface area contributed by atoms with Crippen molar-refractivity contribution < 1.29 is 9.59 Å². The molecule has 2 saturated carbocycles. The summed E-state index contributed by atoms with van der Waals surface area (Å²) in [6.07, 6.45) is 11.0. The zero-order chi connectivity index (χ0) is 20.2. The van der Waals surface area contributed by atoms with Crippen molar-refractivity contribution in [1.82, 2.24) is 30.4 Å². The van der Waals surface area contributed by atoms with Crippen molar-refractivity contribution in [3.63, 3.8) is 0 Å². The van der Waals surface area contributed by atoms with Crippen LogP contribution in [-0.4, -0.2) is 43.0 Å². The fourth-order valence-electron chi connectivity index (χ4n) is 3.61. The van der Waals surface area contributed by atoms with Gasteiger partial charge in [0.2, 0.25) is 5.91 Å². The van der Waals surface area contributed by atoms with Gasteiger partial charge in [0.05, 0.1) is 5.25 Å². The van der Waals surface area contributed by atoms with Gasteiger partial charge in [-0.25, -0.2) is 4.79 Å². The number of rotatable bonds is 6. The van der Waals surface area contributed by atoms with E-state index in [1.165, 1.54) is 18.2 Å². The summed E-state index contributed by atoms with van der Waals surface area (Å²) >= 11 is 1.33. The number of nitrogens with one attached hydrogen (secondary N) is 2. The molecule has 0 aliphatic heterocycles. The molecule has 2 aromatic rings. The topological polar surface area (TPSA) is 102 Å². The summed E-state index contributed by atoms with van der Waals surface area (Å²) in [7, 11) is 0. The summed E-state index contributed by atoms with van der Waals surface area (Å²) in [5, 5.41) is 14.3. The van der Waals surface area contributed by atoms with Crippen molar-refractivity contribution in [3.8, 4) is 11.4 Å². The van der Waals surface area contributed by atoms with Crippen LogP contribution in [0.4, 0.5) is 4.79 Å². The predicted octanol–water partition coefficient (Wildman–Crippen LogP) is 3.31. The molecular formula is C20H26N6O2S. The normalized spacial score (nSPS) is 18.2. The van der Waals surface area contributed by atoms with E-state index in [0.717, 1.165) is 49.9 Å². The zero-order valence-electron chi connectivity index (χ0n) is 16.5. The molecule has 0 spiro atoms. The summed E-state index contributed by atoms with van der Waals surface area (Å²) in [5.74, 6) is 0.471. The minimum atomic E-state index is -0.459. The largest absolute Gasteiger partial charge is 0.335 e.